The first kappa shape index (κ1) is 37.4. The molecular formula is C35H63NO5. The van der Waals surface area contributed by atoms with Gasteiger partial charge < -0.3 is 19.1 Å². The number of ether oxygens (including phenoxy) is 3. The van der Waals surface area contributed by atoms with Crippen molar-refractivity contribution in [3.63, 3.8) is 0 Å². The lowest BCUT2D eigenvalue weighted by atomic mass is 9.94. The molecule has 1 aliphatic rings. The molecule has 0 bridgehead atoms. The molecule has 0 aromatic heterocycles. The molecule has 0 aromatic rings. The van der Waals surface area contributed by atoms with E-state index in [1.54, 1.807) is 0 Å². The van der Waals surface area contributed by atoms with Crippen molar-refractivity contribution in [2.24, 2.45) is 11.8 Å². The molecule has 1 saturated carbocycles. The number of rotatable bonds is 26. The maximum absolute atomic E-state index is 12.3. The second-order valence-electron chi connectivity index (χ2n) is 12.1. The fourth-order valence-electron chi connectivity index (χ4n) is 5.34. The molecule has 6 heteroatoms. The van der Waals surface area contributed by atoms with Gasteiger partial charge in [0.15, 0.2) is 0 Å². The smallest absolute Gasteiger partial charge is 0.306 e. The van der Waals surface area contributed by atoms with E-state index in [4.69, 9.17) is 14.2 Å². The van der Waals surface area contributed by atoms with Gasteiger partial charge >= 0.3 is 11.9 Å². The topological polar surface area (TPSA) is 65.1 Å². The Bertz CT molecular complexity index is 705. The van der Waals surface area contributed by atoms with Crippen molar-refractivity contribution in [1.29, 1.82) is 0 Å². The number of allylic oxidation sites excluding steroid dienone is 4. The van der Waals surface area contributed by atoms with Crippen molar-refractivity contribution < 1.29 is 23.8 Å². The van der Waals surface area contributed by atoms with Gasteiger partial charge in [0.1, 0.15) is 6.10 Å². The van der Waals surface area contributed by atoms with Gasteiger partial charge in [-0.3, -0.25) is 9.59 Å². The molecule has 0 spiro atoms. The minimum Gasteiger partial charge on any atom is -0.466 e. The molecule has 0 N–H and O–H groups in total. The highest BCUT2D eigenvalue weighted by molar-refractivity contribution is 5.70. The van der Waals surface area contributed by atoms with Gasteiger partial charge in [0.05, 0.1) is 6.61 Å². The molecule has 0 aliphatic heterocycles. The summed E-state index contributed by atoms with van der Waals surface area (Å²) < 4.78 is 16.9. The zero-order chi connectivity index (χ0) is 30.0. The molecule has 3 atom stereocenters. The largest absolute Gasteiger partial charge is 0.466 e. The highest BCUT2D eigenvalue weighted by atomic mass is 16.5. The lowest BCUT2D eigenvalue weighted by Crippen LogP contribution is -2.25. The number of esters is 2. The third-order valence-electron chi connectivity index (χ3n) is 8.04. The molecule has 238 valence electrons. The van der Waals surface area contributed by atoms with E-state index < -0.39 is 0 Å². The fraction of sp³-hybridized carbons (Fsp3) is 0.829. The van der Waals surface area contributed by atoms with E-state index >= 15 is 0 Å². The van der Waals surface area contributed by atoms with E-state index in [0.29, 0.717) is 26.1 Å². The Morgan fingerprint density at radius 2 is 1.41 bits per heavy atom. The van der Waals surface area contributed by atoms with Gasteiger partial charge in [-0.1, -0.05) is 76.7 Å². The molecule has 1 fully saturated rings. The van der Waals surface area contributed by atoms with Crippen LogP contribution in [0.15, 0.2) is 24.3 Å². The van der Waals surface area contributed by atoms with Crippen LogP contribution in [0.25, 0.3) is 0 Å². The summed E-state index contributed by atoms with van der Waals surface area (Å²) >= 11 is 0. The number of nitrogens with zero attached hydrogens (tertiary/aromatic N) is 1. The normalized spacial score (nSPS) is 19.1. The third kappa shape index (κ3) is 21.7. The van der Waals surface area contributed by atoms with Crippen molar-refractivity contribution in [1.82, 2.24) is 4.90 Å². The van der Waals surface area contributed by atoms with Crippen LogP contribution >= 0.6 is 0 Å². The minimum absolute atomic E-state index is 0.0763. The minimum atomic E-state index is -0.148. The summed E-state index contributed by atoms with van der Waals surface area (Å²) in [6.45, 7) is 7.06. The Morgan fingerprint density at radius 1 is 0.756 bits per heavy atom. The first-order valence-electron chi connectivity index (χ1n) is 16.8. The average Bonchev–Trinajstić information content (AvgIpc) is 3.27. The SMILES string of the molecule is CCCCC/C=C\C/C=C\CCCCCCCCOCCCOC(=O)CC1CCC(OC(=O)CCCN(C)C)C1C. The molecule has 0 amide bonds. The summed E-state index contributed by atoms with van der Waals surface area (Å²) in [5.74, 6) is 0.146. The Hall–Kier alpha value is -1.66. The Labute approximate surface area is 252 Å². The number of unbranched alkanes of at least 4 members (excludes halogenated alkanes) is 9. The maximum Gasteiger partial charge on any atom is 0.306 e. The van der Waals surface area contributed by atoms with Crippen molar-refractivity contribution in [2.45, 2.75) is 136 Å². The van der Waals surface area contributed by atoms with Crippen LogP contribution in [0, 0.1) is 11.8 Å². The van der Waals surface area contributed by atoms with E-state index in [2.05, 4.69) is 43.1 Å². The molecule has 6 nitrogen and oxygen atoms in total. The van der Waals surface area contributed by atoms with Gasteiger partial charge in [-0.25, -0.2) is 0 Å². The summed E-state index contributed by atoms with van der Waals surface area (Å²) in [4.78, 5) is 26.5. The molecule has 0 aromatic carbocycles. The highest BCUT2D eigenvalue weighted by Gasteiger charge is 2.36. The third-order valence-corrected chi connectivity index (χ3v) is 8.04. The van der Waals surface area contributed by atoms with Gasteiger partial charge in [-0.15, -0.1) is 0 Å². The Kier molecular flexibility index (Phi) is 23.7. The van der Waals surface area contributed by atoms with Crippen LogP contribution in [0.4, 0.5) is 0 Å². The van der Waals surface area contributed by atoms with Crippen molar-refractivity contribution >= 4 is 11.9 Å². The number of carbonyl (C=O) groups is 2. The predicted molar refractivity (Wildman–Crippen MR) is 170 cm³/mol. The van der Waals surface area contributed by atoms with Crippen molar-refractivity contribution in [3.8, 4) is 0 Å². The monoisotopic (exact) mass is 577 g/mol. The van der Waals surface area contributed by atoms with Crippen molar-refractivity contribution in [2.75, 3.05) is 40.5 Å². The van der Waals surface area contributed by atoms with Crippen LogP contribution in [-0.2, 0) is 23.8 Å². The van der Waals surface area contributed by atoms with E-state index in [9.17, 15) is 9.59 Å². The second kappa shape index (κ2) is 26.0. The van der Waals surface area contributed by atoms with E-state index in [1.165, 1.54) is 64.2 Å². The quantitative estimate of drug-likeness (QED) is 0.0584. The van der Waals surface area contributed by atoms with Crippen LogP contribution in [0.2, 0.25) is 0 Å². The lowest BCUT2D eigenvalue weighted by Gasteiger charge is -2.21. The van der Waals surface area contributed by atoms with E-state index in [-0.39, 0.29) is 29.9 Å². The first-order chi connectivity index (χ1) is 19.9. The van der Waals surface area contributed by atoms with Gasteiger partial charge in [-0.2, -0.15) is 0 Å². The highest BCUT2D eigenvalue weighted by Crippen LogP contribution is 2.36. The summed E-state index contributed by atoms with van der Waals surface area (Å²) in [6, 6.07) is 0. The average molecular weight is 578 g/mol. The van der Waals surface area contributed by atoms with Crippen LogP contribution < -0.4 is 0 Å². The summed E-state index contributed by atoms with van der Waals surface area (Å²) in [5, 5.41) is 0. The predicted octanol–water partition coefficient (Wildman–Crippen LogP) is 8.44. The zero-order valence-corrected chi connectivity index (χ0v) is 27.1. The number of hydrogen-bond donors (Lipinski definition) is 0. The van der Waals surface area contributed by atoms with Crippen LogP contribution in [-0.4, -0.2) is 63.4 Å². The summed E-state index contributed by atoms with van der Waals surface area (Å²) in [7, 11) is 4.00. The molecular weight excluding hydrogens is 514 g/mol. The van der Waals surface area contributed by atoms with Crippen LogP contribution in [0.5, 0.6) is 0 Å². The van der Waals surface area contributed by atoms with Gasteiger partial charge in [0.2, 0.25) is 0 Å². The second-order valence-corrected chi connectivity index (χ2v) is 12.1. The first-order valence-corrected chi connectivity index (χ1v) is 16.8. The number of hydrogen-bond acceptors (Lipinski definition) is 6. The standard InChI is InChI=1S/C35H63NO5/c1-5-6-7-8-9-10-11-12-13-14-15-16-17-18-19-20-27-39-28-22-29-40-35(38)30-32-24-25-33(31(32)2)41-34(37)23-21-26-36(3)4/h9-10,12-13,31-33H,5-8,11,14-30H2,1-4H3/b10-9-,13-12-. The summed E-state index contributed by atoms with van der Waals surface area (Å²) in [6.07, 6.45) is 28.3. The maximum atomic E-state index is 12.3. The van der Waals surface area contributed by atoms with E-state index in [1.807, 2.05) is 14.1 Å². The Balaban J connectivity index is 1.89. The van der Waals surface area contributed by atoms with Gasteiger partial charge in [0.25, 0.3) is 0 Å². The lowest BCUT2D eigenvalue weighted by molar-refractivity contribution is -0.151. The number of carbonyl (C=O) groups excluding carboxylic acids is 2. The van der Waals surface area contributed by atoms with Crippen LogP contribution in [0.1, 0.15) is 129 Å². The van der Waals surface area contributed by atoms with Gasteiger partial charge in [0, 0.05) is 32.5 Å². The Morgan fingerprint density at radius 3 is 2.12 bits per heavy atom. The van der Waals surface area contributed by atoms with E-state index in [0.717, 1.165) is 51.7 Å². The zero-order valence-electron chi connectivity index (χ0n) is 27.1. The molecule has 0 radical (unpaired) electrons. The molecule has 41 heavy (non-hydrogen) atoms. The summed E-state index contributed by atoms with van der Waals surface area (Å²) in [5.41, 5.74) is 0. The van der Waals surface area contributed by atoms with Crippen molar-refractivity contribution in [3.05, 3.63) is 24.3 Å². The molecule has 3 unspecified atom stereocenters. The molecule has 0 saturated heterocycles. The fourth-order valence-corrected chi connectivity index (χ4v) is 5.34. The molecule has 0 heterocycles. The molecule has 1 rings (SSSR count). The molecule has 1 aliphatic carbocycles. The van der Waals surface area contributed by atoms with Gasteiger partial charge in [-0.05, 0) is 90.3 Å². The van der Waals surface area contributed by atoms with Crippen LogP contribution in [0.3, 0.4) is 0 Å².